The maximum atomic E-state index is 12.8. The van der Waals surface area contributed by atoms with Gasteiger partial charge in [0.05, 0.1) is 18.4 Å². The molecule has 0 unspecified atom stereocenters. The molecule has 1 N–H and O–H groups in total. The average molecular weight is 350 g/mol. The summed E-state index contributed by atoms with van der Waals surface area (Å²) in [6.45, 7) is 1.96. The van der Waals surface area contributed by atoms with E-state index in [0.717, 1.165) is 11.1 Å². The number of carbonyl (C=O) groups excluding carboxylic acids is 1. The number of rotatable bonds is 5. The van der Waals surface area contributed by atoms with E-state index in [1.54, 1.807) is 6.92 Å². The van der Waals surface area contributed by atoms with Crippen LogP contribution in [-0.4, -0.2) is 23.7 Å². The van der Waals surface area contributed by atoms with Crippen molar-refractivity contribution in [1.29, 1.82) is 0 Å². The molecule has 0 heterocycles. The third-order valence-electron chi connectivity index (χ3n) is 4.90. The van der Waals surface area contributed by atoms with Crippen LogP contribution >= 0.6 is 0 Å². The molecule has 4 nitrogen and oxygen atoms in total. The van der Waals surface area contributed by atoms with Crippen molar-refractivity contribution in [2.24, 2.45) is 11.8 Å². The van der Waals surface area contributed by atoms with Crippen molar-refractivity contribution < 1.29 is 19.4 Å². The van der Waals surface area contributed by atoms with Crippen molar-refractivity contribution in [1.82, 2.24) is 0 Å². The Morgan fingerprint density at radius 1 is 0.846 bits per heavy atom. The van der Waals surface area contributed by atoms with Gasteiger partial charge < -0.3 is 9.84 Å². The van der Waals surface area contributed by atoms with Crippen molar-refractivity contribution in [2.75, 3.05) is 6.61 Å². The van der Waals surface area contributed by atoms with E-state index in [0.29, 0.717) is 0 Å². The molecule has 4 atom stereocenters. The van der Waals surface area contributed by atoms with Crippen LogP contribution in [0, 0.1) is 11.8 Å². The van der Waals surface area contributed by atoms with Crippen LogP contribution in [-0.2, 0) is 14.3 Å². The van der Waals surface area contributed by atoms with Gasteiger partial charge in [0.15, 0.2) is 0 Å². The van der Waals surface area contributed by atoms with Crippen LogP contribution in [0.15, 0.2) is 72.8 Å². The Balaban J connectivity index is 2.09. The highest BCUT2D eigenvalue weighted by atomic mass is 16.5. The molecule has 1 aliphatic carbocycles. The van der Waals surface area contributed by atoms with Crippen molar-refractivity contribution >= 4 is 11.9 Å². The lowest BCUT2D eigenvalue weighted by Crippen LogP contribution is -2.40. The van der Waals surface area contributed by atoms with Crippen molar-refractivity contribution in [2.45, 2.75) is 18.8 Å². The van der Waals surface area contributed by atoms with Gasteiger partial charge in [0.25, 0.3) is 0 Å². The number of carboxylic acids is 1. The van der Waals surface area contributed by atoms with Crippen molar-refractivity contribution in [3.8, 4) is 0 Å². The van der Waals surface area contributed by atoms with Gasteiger partial charge in [0.2, 0.25) is 0 Å². The zero-order chi connectivity index (χ0) is 18.5. The molecule has 0 amide bonds. The van der Waals surface area contributed by atoms with Crippen LogP contribution in [0.2, 0.25) is 0 Å². The van der Waals surface area contributed by atoms with Gasteiger partial charge in [-0.05, 0) is 18.1 Å². The number of allylic oxidation sites excluding steroid dienone is 2. The smallest absolute Gasteiger partial charge is 0.310 e. The first-order chi connectivity index (χ1) is 12.6. The van der Waals surface area contributed by atoms with Crippen LogP contribution in [0.4, 0.5) is 0 Å². The van der Waals surface area contributed by atoms with Gasteiger partial charge in [-0.25, -0.2) is 0 Å². The normalized spacial score (nSPS) is 24.8. The highest BCUT2D eigenvalue weighted by molar-refractivity contribution is 5.84. The summed E-state index contributed by atoms with van der Waals surface area (Å²) in [5.74, 6) is -3.79. The fourth-order valence-electron chi connectivity index (χ4n) is 3.75. The van der Waals surface area contributed by atoms with E-state index in [9.17, 15) is 14.7 Å². The number of aliphatic carboxylic acids is 1. The van der Waals surface area contributed by atoms with Gasteiger partial charge in [0, 0.05) is 11.8 Å². The van der Waals surface area contributed by atoms with E-state index in [1.807, 2.05) is 72.8 Å². The molecule has 0 aromatic heterocycles. The van der Waals surface area contributed by atoms with E-state index in [1.165, 1.54) is 0 Å². The zero-order valence-electron chi connectivity index (χ0n) is 14.6. The fourth-order valence-corrected chi connectivity index (χ4v) is 3.75. The van der Waals surface area contributed by atoms with E-state index < -0.39 is 23.8 Å². The second-order valence-electron chi connectivity index (χ2n) is 6.40. The van der Waals surface area contributed by atoms with Gasteiger partial charge >= 0.3 is 11.9 Å². The van der Waals surface area contributed by atoms with Crippen molar-refractivity contribution in [3.63, 3.8) is 0 Å². The molecule has 2 aromatic carbocycles. The first-order valence-electron chi connectivity index (χ1n) is 8.81. The molecule has 0 spiro atoms. The number of carbonyl (C=O) groups is 2. The third kappa shape index (κ3) is 3.54. The molecule has 0 radical (unpaired) electrons. The summed E-state index contributed by atoms with van der Waals surface area (Å²) < 4.78 is 5.26. The maximum Gasteiger partial charge on any atom is 0.310 e. The summed E-state index contributed by atoms with van der Waals surface area (Å²) in [7, 11) is 0. The molecule has 4 heteroatoms. The molecule has 1 aliphatic rings. The molecule has 0 aliphatic heterocycles. The minimum absolute atomic E-state index is 0.225. The quantitative estimate of drug-likeness (QED) is 0.654. The summed E-state index contributed by atoms with van der Waals surface area (Å²) >= 11 is 0. The number of hydrogen-bond donors (Lipinski definition) is 1. The van der Waals surface area contributed by atoms with E-state index >= 15 is 0 Å². The average Bonchev–Trinajstić information content (AvgIpc) is 2.68. The van der Waals surface area contributed by atoms with Gasteiger partial charge in [-0.15, -0.1) is 0 Å². The van der Waals surface area contributed by atoms with Gasteiger partial charge in [-0.3, -0.25) is 9.59 Å². The Morgan fingerprint density at radius 3 is 1.73 bits per heavy atom. The largest absolute Gasteiger partial charge is 0.481 e. The lowest BCUT2D eigenvalue weighted by Gasteiger charge is -2.36. The number of benzene rings is 2. The molecular formula is C22H22O4. The second kappa shape index (κ2) is 8.00. The van der Waals surface area contributed by atoms with E-state index in [4.69, 9.17) is 4.74 Å². The Labute approximate surface area is 153 Å². The molecule has 0 bridgehead atoms. The SMILES string of the molecule is CCOC(=O)[C@H]1[C@H](C(=O)O)[C@@H](c2ccccc2)C=C[C@H]1c1ccccc1. The Morgan fingerprint density at radius 2 is 1.31 bits per heavy atom. The van der Waals surface area contributed by atoms with Crippen LogP contribution in [0.3, 0.4) is 0 Å². The fraction of sp³-hybridized carbons (Fsp3) is 0.273. The summed E-state index contributed by atoms with van der Waals surface area (Å²) in [6, 6.07) is 19.0. The lowest BCUT2D eigenvalue weighted by molar-refractivity contribution is -0.159. The molecule has 0 saturated carbocycles. The Kier molecular flexibility index (Phi) is 5.52. The monoisotopic (exact) mass is 350 g/mol. The van der Waals surface area contributed by atoms with Crippen LogP contribution in [0.5, 0.6) is 0 Å². The number of esters is 1. The van der Waals surface area contributed by atoms with Gasteiger partial charge in [-0.1, -0.05) is 72.8 Å². The molecule has 3 rings (SSSR count). The predicted octanol–water partition coefficient (Wildman–Crippen LogP) is 4.00. The third-order valence-corrected chi connectivity index (χ3v) is 4.90. The minimum atomic E-state index is -0.984. The standard InChI is InChI=1S/C22H22O4/c1-2-26-22(25)20-18(16-11-7-4-8-12-16)14-13-17(19(20)21(23)24)15-9-5-3-6-10-15/h3-14,17-20H,2H2,1H3,(H,23,24)/t17-,18+,19-,20-/m1/s1. The summed E-state index contributed by atoms with van der Waals surface area (Å²) in [4.78, 5) is 24.9. The molecule has 0 saturated heterocycles. The highest BCUT2D eigenvalue weighted by Crippen LogP contribution is 2.45. The second-order valence-corrected chi connectivity index (χ2v) is 6.40. The van der Waals surface area contributed by atoms with E-state index in [-0.39, 0.29) is 18.4 Å². The van der Waals surface area contributed by atoms with Gasteiger partial charge in [0.1, 0.15) is 0 Å². The Hall–Kier alpha value is -2.88. The Bertz CT molecular complexity index is 782. The summed E-state index contributed by atoms with van der Waals surface area (Å²) in [5, 5.41) is 9.98. The minimum Gasteiger partial charge on any atom is -0.481 e. The molecular weight excluding hydrogens is 328 g/mol. The van der Waals surface area contributed by atoms with Crippen LogP contribution < -0.4 is 0 Å². The maximum absolute atomic E-state index is 12.8. The lowest BCUT2D eigenvalue weighted by atomic mass is 9.66. The number of hydrogen-bond acceptors (Lipinski definition) is 3. The number of ether oxygens (including phenoxy) is 1. The first-order valence-corrected chi connectivity index (χ1v) is 8.81. The highest BCUT2D eigenvalue weighted by Gasteiger charge is 2.46. The van der Waals surface area contributed by atoms with E-state index in [2.05, 4.69) is 0 Å². The van der Waals surface area contributed by atoms with Gasteiger partial charge in [-0.2, -0.15) is 0 Å². The zero-order valence-corrected chi connectivity index (χ0v) is 14.6. The van der Waals surface area contributed by atoms with Crippen LogP contribution in [0.1, 0.15) is 29.9 Å². The molecule has 26 heavy (non-hydrogen) atoms. The molecule has 0 fully saturated rings. The first kappa shape index (κ1) is 17.9. The molecule has 134 valence electrons. The topological polar surface area (TPSA) is 63.6 Å². The number of carboxylic acid groups (broad SMARTS) is 1. The van der Waals surface area contributed by atoms with Crippen LogP contribution in [0.25, 0.3) is 0 Å². The predicted molar refractivity (Wildman–Crippen MR) is 98.8 cm³/mol. The molecule has 2 aromatic rings. The summed E-state index contributed by atoms with van der Waals surface area (Å²) in [6.07, 6.45) is 3.87. The van der Waals surface area contributed by atoms with Crippen molar-refractivity contribution in [3.05, 3.63) is 83.9 Å². The summed E-state index contributed by atoms with van der Waals surface area (Å²) in [5.41, 5.74) is 1.80.